The predicted molar refractivity (Wildman–Crippen MR) is 69.3 cm³/mol. The SMILES string of the molecule is O=C(OC1CCCCC1)c1ccc2c(c1)CNC2. The molecule has 1 aromatic carbocycles. The number of rotatable bonds is 2. The van der Waals surface area contributed by atoms with Crippen molar-refractivity contribution in [3.8, 4) is 0 Å². The number of esters is 1. The van der Waals surface area contributed by atoms with Gasteiger partial charge >= 0.3 is 5.97 Å². The summed E-state index contributed by atoms with van der Waals surface area (Å²) in [5, 5.41) is 3.28. The number of carbonyl (C=O) groups excluding carboxylic acids is 1. The second-order valence-electron chi connectivity index (χ2n) is 5.25. The lowest BCUT2D eigenvalue weighted by atomic mass is 9.98. The molecule has 1 fully saturated rings. The van der Waals surface area contributed by atoms with Gasteiger partial charge in [0, 0.05) is 13.1 Å². The summed E-state index contributed by atoms with van der Waals surface area (Å²) in [4.78, 5) is 12.1. The van der Waals surface area contributed by atoms with Crippen LogP contribution in [0, 0.1) is 0 Å². The van der Waals surface area contributed by atoms with Crippen LogP contribution in [0.4, 0.5) is 0 Å². The second kappa shape index (κ2) is 5.11. The van der Waals surface area contributed by atoms with E-state index in [1.807, 2.05) is 18.2 Å². The average molecular weight is 245 g/mol. The lowest BCUT2D eigenvalue weighted by molar-refractivity contribution is 0.0211. The Morgan fingerprint density at radius 1 is 1.11 bits per heavy atom. The molecule has 1 aliphatic carbocycles. The third kappa shape index (κ3) is 2.41. The monoisotopic (exact) mass is 245 g/mol. The van der Waals surface area contributed by atoms with Crippen LogP contribution >= 0.6 is 0 Å². The van der Waals surface area contributed by atoms with E-state index in [1.54, 1.807) is 0 Å². The Labute approximate surface area is 108 Å². The highest BCUT2D eigenvalue weighted by molar-refractivity contribution is 5.89. The molecule has 0 atom stereocenters. The highest BCUT2D eigenvalue weighted by Gasteiger charge is 2.20. The summed E-state index contributed by atoms with van der Waals surface area (Å²) in [7, 11) is 0. The van der Waals surface area contributed by atoms with Gasteiger partial charge in [-0.3, -0.25) is 0 Å². The van der Waals surface area contributed by atoms with Crippen LogP contribution in [0.5, 0.6) is 0 Å². The molecule has 2 aliphatic rings. The molecule has 0 radical (unpaired) electrons. The van der Waals surface area contributed by atoms with E-state index in [-0.39, 0.29) is 12.1 Å². The highest BCUT2D eigenvalue weighted by atomic mass is 16.5. The molecule has 3 nitrogen and oxygen atoms in total. The van der Waals surface area contributed by atoms with E-state index in [9.17, 15) is 4.79 Å². The summed E-state index contributed by atoms with van der Waals surface area (Å²) >= 11 is 0. The number of fused-ring (bicyclic) bond motifs is 1. The zero-order valence-corrected chi connectivity index (χ0v) is 10.6. The van der Waals surface area contributed by atoms with E-state index >= 15 is 0 Å². The summed E-state index contributed by atoms with van der Waals surface area (Å²) in [6.45, 7) is 1.77. The van der Waals surface area contributed by atoms with Crippen molar-refractivity contribution in [1.82, 2.24) is 5.32 Å². The number of hydrogen-bond acceptors (Lipinski definition) is 3. The van der Waals surface area contributed by atoms with Gasteiger partial charge in [-0.25, -0.2) is 4.79 Å². The van der Waals surface area contributed by atoms with Crippen molar-refractivity contribution in [2.24, 2.45) is 0 Å². The summed E-state index contributed by atoms with van der Waals surface area (Å²) in [6, 6.07) is 5.89. The van der Waals surface area contributed by atoms with Crippen molar-refractivity contribution in [2.45, 2.75) is 51.3 Å². The summed E-state index contributed by atoms with van der Waals surface area (Å²) in [5.41, 5.74) is 3.22. The van der Waals surface area contributed by atoms with Crippen LogP contribution in [0.1, 0.15) is 53.6 Å². The third-order valence-electron chi connectivity index (χ3n) is 3.90. The van der Waals surface area contributed by atoms with Crippen molar-refractivity contribution in [1.29, 1.82) is 0 Å². The van der Waals surface area contributed by atoms with E-state index in [0.717, 1.165) is 25.9 Å². The predicted octanol–water partition coefficient (Wildman–Crippen LogP) is 2.78. The Morgan fingerprint density at radius 2 is 1.89 bits per heavy atom. The molecule has 0 amide bonds. The van der Waals surface area contributed by atoms with Gasteiger partial charge in [-0.15, -0.1) is 0 Å². The van der Waals surface area contributed by atoms with E-state index in [4.69, 9.17) is 4.74 Å². The Morgan fingerprint density at radius 3 is 2.72 bits per heavy atom. The molecule has 1 aliphatic heterocycles. The quantitative estimate of drug-likeness (QED) is 0.814. The van der Waals surface area contributed by atoms with Crippen LogP contribution in [0.15, 0.2) is 18.2 Å². The average Bonchev–Trinajstić information content (AvgIpc) is 2.87. The molecule has 0 spiro atoms. The van der Waals surface area contributed by atoms with Crippen LogP contribution in [-0.4, -0.2) is 12.1 Å². The summed E-state index contributed by atoms with van der Waals surface area (Å²) < 4.78 is 5.58. The fraction of sp³-hybridized carbons (Fsp3) is 0.533. The third-order valence-corrected chi connectivity index (χ3v) is 3.90. The minimum absolute atomic E-state index is 0.137. The number of benzene rings is 1. The molecular formula is C15H19NO2. The molecule has 1 heterocycles. The van der Waals surface area contributed by atoms with Gasteiger partial charge in [-0.2, -0.15) is 0 Å². The molecule has 1 saturated carbocycles. The molecule has 0 aromatic heterocycles. The second-order valence-corrected chi connectivity index (χ2v) is 5.25. The molecule has 0 unspecified atom stereocenters. The van der Waals surface area contributed by atoms with Crippen LogP contribution in [0.3, 0.4) is 0 Å². The van der Waals surface area contributed by atoms with Crippen LogP contribution < -0.4 is 5.32 Å². The largest absolute Gasteiger partial charge is 0.459 e. The minimum atomic E-state index is -0.156. The fourth-order valence-corrected chi connectivity index (χ4v) is 2.82. The molecule has 96 valence electrons. The first kappa shape index (κ1) is 11.7. The molecule has 1 N–H and O–H groups in total. The normalized spacial score (nSPS) is 19.6. The van der Waals surface area contributed by atoms with Crippen molar-refractivity contribution in [2.75, 3.05) is 0 Å². The summed E-state index contributed by atoms with van der Waals surface area (Å²) in [5.74, 6) is -0.156. The topological polar surface area (TPSA) is 38.3 Å². The van der Waals surface area contributed by atoms with Gasteiger partial charge in [0.1, 0.15) is 6.10 Å². The van der Waals surface area contributed by atoms with Crippen molar-refractivity contribution >= 4 is 5.97 Å². The van der Waals surface area contributed by atoms with Gasteiger partial charge in [-0.1, -0.05) is 12.5 Å². The first-order valence-electron chi connectivity index (χ1n) is 6.86. The van der Waals surface area contributed by atoms with Crippen molar-refractivity contribution in [3.63, 3.8) is 0 Å². The smallest absolute Gasteiger partial charge is 0.338 e. The fourth-order valence-electron chi connectivity index (χ4n) is 2.82. The molecule has 3 rings (SSSR count). The Kier molecular flexibility index (Phi) is 3.33. The van der Waals surface area contributed by atoms with Gasteiger partial charge < -0.3 is 10.1 Å². The number of nitrogens with one attached hydrogen (secondary N) is 1. The minimum Gasteiger partial charge on any atom is -0.459 e. The van der Waals surface area contributed by atoms with Crippen LogP contribution in [0.2, 0.25) is 0 Å². The molecule has 0 saturated heterocycles. The molecule has 0 bridgehead atoms. The van der Waals surface area contributed by atoms with Gasteiger partial charge in [0.05, 0.1) is 5.56 Å². The maximum Gasteiger partial charge on any atom is 0.338 e. The van der Waals surface area contributed by atoms with E-state index in [1.165, 1.54) is 30.4 Å². The first-order valence-corrected chi connectivity index (χ1v) is 6.86. The zero-order valence-electron chi connectivity index (χ0n) is 10.6. The lowest BCUT2D eigenvalue weighted by Crippen LogP contribution is -2.21. The van der Waals surface area contributed by atoms with Crippen LogP contribution in [-0.2, 0) is 17.8 Å². The van der Waals surface area contributed by atoms with E-state index < -0.39 is 0 Å². The number of carbonyl (C=O) groups is 1. The molecule has 1 aromatic rings. The molecule has 3 heteroatoms. The standard InChI is InChI=1S/C15H19NO2/c17-15(18-14-4-2-1-3-5-14)11-6-7-12-9-16-10-13(12)8-11/h6-8,14,16H,1-5,9-10H2. The van der Waals surface area contributed by atoms with Gasteiger partial charge in [0.25, 0.3) is 0 Å². The lowest BCUT2D eigenvalue weighted by Gasteiger charge is -2.21. The Hall–Kier alpha value is -1.35. The van der Waals surface area contributed by atoms with Crippen molar-refractivity contribution in [3.05, 3.63) is 34.9 Å². The van der Waals surface area contributed by atoms with E-state index in [0.29, 0.717) is 5.56 Å². The van der Waals surface area contributed by atoms with Gasteiger partial charge in [0.2, 0.25) is 0 Å². The maximum atomic E-state index is 12.1. The van der Waals surface area contributed by atoms with Crippen molar-refractivity contribution < 1.29 is 9.53 Å². The van der Waals surface area contributed by atoms with E-state index in [2.05, 4.69) is 5.32 Å². The number of hydrogen-bond donors (Lipinski definition) is 1. The first-order chi connectivity index (χ1) is 8.83. The van der Waals surface area contributed by atoms with Gasteiger partial charge in [0.15, 0.2) is 0 Å². The van der Waals surface area contributed by atoms with Crippen LogP contribution in [0.25, 0.3) is 0 Å². The molecule has 18 heavy (non-hydrogen) atoms. The summed E-state index contributed by atoms with van der Waals surface area (Å²) in [6.07, 6.45) is 5.84. The molecular weight excluding hydrogens is 226 g/mol. The Balaban J connectivity index is 1.68. The number of ether oxygens (including phenoxy) is 1. The van der Waals surface area contributed by atoms with Gasteiger partial charge in [-0.05, 0) is 48.9 Å². The maximum absolute atomic E-state index is 12.1. The Bertz CT molecular complexity index is 450. The highest BCUT2D eigenvalue weighted by Crippen LogP contribution is 2.22. The zero-order chi connectivity index (χ0) is 12.4.